The summed E-state index contributed by atoms with van der Waals surface area (Å²) in [5, 5.41) is 2.00. The lowest BCUT2D eigenvalue weighted by atomic mass is 10.5. The molecule has 0 atom stereocenters. The fourth-order valence-electron chi connectivity index (χ4n) is 0.572. The molecule has 0 radical (unpaired) electrons. The van der Waals surface area contributed by atoms with Crippen molar-refractivity contribution >= 4 is 42.1 Å². The summed E-state index contributed by atoms with van der Waals surface area (Å²) in [5.41, 5.74) is 10.3. The molecule has 0 fully saturated rings. The number of aliphatic imine (C=N–C) groups is 1. The highest BCUT2D eigenvalue weighted by Gasteiger charge is 1.89. The Balaban J connectivity index is 0. The largest absolute Gasteiger partial charge is 0.370 e. The van der Waals surface area contributed by atoms with Gasteiger partial charge < -0.3 is 11.5 Å². The van der Waals surface area contributed by atoms with Gasteiger partial charge in [-0.25, -0.2) is 4.99 Å². The minimum absolute atomic E-state index is 0. The van der Waals surface area contributed by atoms with Crippen molar-refractivity contribution in [3.63, 3.8) is 0 Å². The molecule has 0 saturated carbocycles. The van der Waals surface area contributed by atoms with Gasteiger partial charge >= 0.3 is 0 Å². The molecule has 0 aromatic carbocycles. The number of hydrogen-bond acceptors (Lipinski definition) is 2. The van der Waals surface area contributed by atoms with E-state index in [0.717, 1.165) is 0 Å². The second kappa shape index (κ2) is 7.21. The van der Waals surface area contributed by atoms with Crippen molar-refractivity contribution < 1.29 is 0 Å². The van der Waals surface area contributed by atoms with Gasteiger partial charge in [-0.15, -0.1) is 36.2 Å². The Morgan fingerprint density at radius 2 is 2.08 bits per heavy atom. The lowest BCUT2D eigenvalue weighted by Crippen LogP contribution is -2.22. The van der Waals surface area contributed by atoms with Crippen molar-refractivity contribution in [2.75, 3.05) is 0 Å². The van der Waals surface area contributed by atoms with Crippen LogP contribution in [0.25, 0.3) is 0 Å². The number of halogens is 2. The topological polar surface area (TPSA) is 64.4 Å². The van der Waals surface area contributed by atoms with E-state index in [-0.39, 0.29) is 30.8 Å². The maximum Gasteiger partial charge on any atom is 0.186 e. The van der Waals surface area contributed by atoms with Gasteiger partial charge in [0.15, 0.2) is 5.96 Å². The molecule has 0 aliphatic rings. The molecule has 0 amide bonds. The Labute approximate surface area is 87.7 Å². The first-order valence-corrected chi connectivity index (χ1v) is 3.75. The van der Waals surface area contributed by atoms with Crippen LogP contribution in [0.2, 0.25) is 0 Å². The summed E-state index contributed by atoms with van der Waals surface area (Å²) >= 11 is 1.65. The Bertz CT molecular complexity index is 219. The predicted octanol–water partition coefficient (Wildman–Crippen LogP) is 1.37. The zero-order chi connectivity index (χ0) is 7.40. The highest BCUT2D eigenvalue weighted by atomic mass is 35.5. The molecule has 1 aromatic heterocycles. The summed E-state index contributed by atoms with van der Waals surface area (Å²) in [4.78, 5) is 5.02. The SMILES string of the molecule is Cl.Cl.NC(N)=NCc1cccs1. The zero-order valence-electron chi connectivity index (χ0n) is 6.27. The highest BCUT2D eigenvalue weighted by molar-refractivity contribution is 7.09. The van der Waals surface area contributed by atoms with Crippen molar-refractivity contribution in [2.24, 2.45) is 16.5 Å². The first kappa shape index (κ1) is 14.1. The number of guanidine groups is 1. The van der Waals surface area contributed by atoms with Crippen LogP contribution in [0.3, 0.4) is 0 Å². The van der Waals surface area contributed by atoms with Gasteiger partial charge in [-0.3, -0.25) is 0 Å². The molecule has 70 valence electrons. The van der Waals surface area contributed by atoms with Crippen molar-refractivity contribution in [3.8, 4) is 0 Å². The molecule has 0 aliphatic carbocycles. The van der Waals surface area contributed by atoms with Gasteiger partial charge in [-0.1, -0.05) is 6.07 Å². The summed E-state index contributed by atoms with van der Waals surface area (Å²) in [6, 6.07) is 3.97. The molecule has 6 heteroatoms. The monoisotopic (exact) mass is 227 g/mol. The van der Waals surface area contributed by atoms with Crippen LogP contribution in [0, 0.1) is 0 Å². The van der Waals surface area contributed by atoms with Crippen LogP contribution in [-0.4, -0.2) is 5.96 Å². The standard InChI is InChI=1S/C6H9N3S.2ClH/c7-6(8)9-4-5-2-1-3-10-5;;/h1-3H,4H2,(H4,7,8,9);2*1H. The van der Waals surface area contributed by atoms with Gasteiger partial charge in [0.25, 0.3) is 0 Å². The van der Waals surface area contributed by atoms with Gasteiger partial charge in [0.1, 0.15) is 0 Å². The number of nitrogens with zero attached hydrogens (tertiary/aromatic N) is 1. The average Bonchev–Trinajstić information content (AvgIpc) is 2.34. The molecule has 1 heterocycles. The maximum atomic E-state index is 5.14. The van der Waals surface area contributed by atoms with Crippen LogP contribution in [0.4, 0.5) is 0 Å². The summed E-state index contributed by atoms with van der Waals surface area (Å²) in [7, 11) is 0. The van der Waals surface area contributed by atoms with Gasteiger partial charge in [0.2, 0.25) is 0 Å². The lowest BCUT2D eigenvalue weighted by Gasteiger charge is -1.89. The minimum atomic E-state index is 0. The second-order valence-electron chi connectivity index (χ2n) is 1.82. The Hall–Kier alpha value is -0.450. The fourth-order valence-corrected chi connectivity index (χ4v) is 1.20. The first-order chi connectivity index (χ1) is 4.79. The number of hydrogen-bond donors (Lipinski definition) is 2. The van der Waals surface area contributed by atoms with Gasteiger partial charge in [0.05, 0.1) is 6.54 Å². The third kappa shape index (κ3) is 5.23. The quantitative estimate of drug-likeness (QED) is 0.593. The lowest BCUT2D eigenvalue weighted by molar-refractivity contribution is 1.09. The van der Waals surface area contributed by atoms with E-state index in [2.05, 4.69) is 4.99 Å². The molecule has 0 spiro atoms. The fraction of sp³-hybridized carbons (Fsp3) is 0.167. The molecule has 4 N–H and O–H groups in total. The number of nitrogens with two attached hydrogens (primary N) is 2. The molecule has 0 bridgehead atoms. The Morgan fingerprint density at radius 3 is 2.50 bits per heavy atom. The third-order valence-electron chi connectivity index (χ3n) is 0.998. The summed E-state index contributed by atoms with van der Waals surface area (Å²) in [6.07, 6.45) is 0. The molecular weight excluding hydrogens is 217 g/mol. The summed E-state index contributed by atoms with van der Waals surface area (Å²) in [5.74, 6) is 0.147. The van der Waals surface area contributed by atoms with Gasteiger partial charge in [-0.2, -0.15) is 0 Å². The smallest absolute Gasteiger partial charge is 0.186 e. The third-order valence-corrected chi connectivity index (χ3v) is 1.86. The van der Waals surface area contributed by atoms with Crippen molar-refractivity contribution in [1.29, 1.82) is 0 Å². The molecule has 0 saturated heterocycles. The highest BCUT2D eigenvalue weighted by Crippen LogP contribution is 2.08. The van der Waals surface area contributed by atoms with Crippen LogP contribution < -0.4 is 11.5 Å². The van der Waals surface area contributed by atoms with Gasteiger partial charge in [0, 0.05) is 4.88 Å². The predicted molar refractivity (Wildman–Crippen MR) is 58.3 cm³/mol. The Kier molecular flexibility index (Phi) is 8.47. The van der Waals surface area contributed by atoms with Crippen LogP contribution >= 0.6 is 36.2 Å². The molecule has 0 aliphatic heterocycles. The van der Waals surface area contributed by atoms with E-state index in [1.54, 1.807) is 11.3 Å². The molecule has 0 unspecified atom stereocenters. The van der Waals surface area contributed by atoms with Crippen molar-refractivity contribution in [2.45, 2.75) is 6.54 Å². The minimum Gasteiger partial charge on any atom is -0.370 e. The molecule has 1 rings (SSSR count). The molecule has 1 aromatic rings. The normalized spacial score (nSPS) is 7.67. The van der Waals surface area contributed by atoms with Crippen molar-refractivity contribution in [3.05, 3.63) is 22.4 Å². The van der Waals surface area contributed by atoms with Crippen LogP contribution in [0.15, 0.2) is 22.5 Å². The van der Waals surface area contributed by atoms with Crippen LogP contribution in [0.1, 0.15) is 4.88 Å². The van der Waals surface area contributed by atoms with E-state index >= 15 is 0 Å². The average molecular weight is 228 g/mol. The summed E-state index contributed by atoms with van der Waals surface area (Å²) in [6.45, 7) is 0.597. The van der Waals surface area contributed by atoms with Gasteiger partial charge in [-0.05, 0) is 11.4 Å². The second-order valence-corrected chi connectivity index (χ2v) is 2.85. The van der Waals surface area contributed by atoms with E-state index < -0.39 is 0 Å². The van der Waals surface area contributed by atoms with E-state index in [4.69, 9.17) is 11.5 Å². The van der Waals surface area contributed by atoms with E-state index in [0.29, 0.717) is 6.54 Å². The van der Waals surface area contributed by atoms with Crippen LogP contribution in [0.5, 0.6) is 0 Å². The van der Waals surface area contributed by atoms with E-state index in [9.17, 15) is 0 Å². The van der Waals surface area contributed by atoms with E-state index in [1.807, 2.05) is 17.5 Å². The number of thiophene rings is 1. The molecule has 3 nitrogen and oxygen atoms in total. The molecule has 12 heavy (non-hydrogen) atoms. The number of rotatable bonds is 2. The maximum absolute atomic E-state index is 5.14. The van der Waals surface area contributed by atoms with Crippen LogP contribution in [-0.2, 0) is 6.54 Å². The molecular formula is C6H11Cl2N3S. The Morgan fingerprint density at radius 1 is 1.42 bits per heavy atom. The van der Waals surface area contributed by atoms with E-state index in [1.165, 1.54) is 4.88 Å². The zero-order valence-corrected chi connectivity index (χ0v) is 8.72. The summed E-state index contributed by atoms with van der Waals surface area (Å²) < 4.78 is 0. The van der Waals surface area contributed by atoms with Crippen molar-refractivity contribution in [1.82, 2.24) is 0 Å². The first-order valence-electron chi connectivity index (χ1n) is 2.87.